The van der Waals surface area contributed by atoms with E-state index in [1.165, 1.54) is 0 Å². The van der Waals surface area contributed by atoms with Gasteiger partial charge in [0.05, 0.1) is 19.2 Å². The Morgan fingerprint density at radius 2 is 1.91 bits per heavy atom. The summed E-state index contributed by atoms with van der Waals surface area (Å²) in [5.74, 6) is 2.36. The first-order chi connectivity index (χ1) is 16.3. The minimum atomic E-state index is 0.0228. The third-order valence-electron chi connectivity index (χ3n) is 6.09. The largest absolute Gasteiger partial charge is 0.471 e. The molecule has 0 saturated carbocycles. The summed E-state index contributed by atoms with van der Waals surface area (Å²) in [6.07, 6.45) is 4.41. The first-order valence-electron chi connectivity index (χ1n) is 11.4. The summed E-state index contributed by atoms with van der Waals surface area (Å²) >= 11 is 1.67. The Morgan fingerprint density at radius 1 is 1.03 bits per heavy atom. The molecule has 0 unspecified atom stereocenters. The van der Waals surface area contributed by atoms with E-state index in [1.807, 2.05) is 42.6 Å². The maximum atomic E-state index is 6.12. The fourth-order valence-electron chi connectivity index (χ4n) is 4.42. The SMILES string of the molecule is c1ccc(C2=NC[C@@H](CSc3nnc(-c4c[nH]c5ccccc45)n3C[C@@H]3CCCO3)O2)cc1. The number of ether oxygens (including phenoxy) is 2. The maximum Gasteiger partial charge on any atom is 0.216 e. The second-order valence-electron chi connectivity index (χ2n) is 8.36. The quantitative estimate of drug-likeness (QED) is 0.411. The molecule has 2 aliphatic rings. The molecule has 2 aliphatic heterocycles. The van der Waals surface area contributed by atoms with Crippen molar-refractivity contribution in [2.75, 3.05) is 18.9 Å². The highest BCUT2D eigenvalue weighted by Gasteiger charge is 2.26. The zero-order chi connectivity index (χ0) is 22.0. The van der Waals surface area contributed by atoms with Crippen LogP contribution in [0.2, 0.25) is 0 Å². The highest BCUT2D eigenvalue weighted by atomic mass is 32.2. The van der Waals surface area contributed by atoms with E-state index < -0.39 is 0 Å². The smallest absolute Gasteiger partial charge is 0.216 e. The zero-order valence-electron chi connectivity index (χ0n) is 18.2. The molecule has 0 amide bonds. The molecule has 1 N–H and O–H groups in total. The Hall–Kier alpha value is -3.10. The van der Waals surface area contributed by atoms with E-state index in [-0.39, 0.29) is 12.2 Å². The summed E-state index contributed by atoms with van der Waals surface area (Å²) in [6.45, 7) is 2.24. The van der Waals surface area contributed by atoms with E-state index in [9.17, 15) is 0 Å². The van der Waals surface area contributed by atoms with Crippen LogP contribution in [0.3, 0.4) is 0 Å². The molecule has 7 nitrogen and oxygen atoms in total. The van der Waals surface area contributed by atoms with E-state index >= 15 is 0 Å². The molecule has 8 heteroatoms. The fraction of sp³-hybridized carbons (Fsp3) is 0.320. The van der Waals surface area contributed by atoms with E-state index in [4.69, 9.17) is 9.47 Å². The Balaban J connectivity index is 1.22. The molecule has 4 aromatic rings. The lowest BCUT2D eigenvalue weighted by Gasteiger charge is -2.15. The van der Waals surface area contributed by atoms with Gasteiger partial charge in [0.1, 0.15) is 6.10 Å². The highest BCUT2D eigenvalue weighted by Crippen LogP contribution is 2.32. The topological polar surface area (TPSA) is 77.3 Å². The first-order valence-corrected chi connectivity index (χ1v) is 12.3. The van der Waals surface area contributed by atoms with Crippen LogP contribution in [0.15, 0.2) is 70.9 Å². The van der Waals surface area contributed by atoms with Gasteiger partial charge in [-0.1, -0.05) is 48.2 Å². The zero-order valence-corrected chi connectivity index (χ0v) is 19.0. The van der Waals surface area contributed by atoms with E-state index in [0.717, 1.165) is 70.7 Å². The normalized spacial score (nSPS) is 20.3. The number of aliphatic imine (C=N–C) groups is 1. The van der Waals surface area contributed by atoms with Crippen molar-refractivity contribution in [3.8, 4) is 11.4 Å². The number of H-pyrrole nitrogens is 1. The summed E-state index contributed by atoms with van der Waals surface area (Å²) in [5.41, 5.74) is 3.18. The second-order valence-corrected chi connectivity index (χ2v) is 9.35. The van der Waals surface area contributed by atoms with E-state index in [1.54, 1.807) is 11.8 Å². The number of hydrogen-bond donors (Lipinski definition) is 1. The minimum absolute atomic E-state index is 0.0228. The van der Waals surface area contributed by atoms with Crippen LogP contribution in [0.5, 0.6) is 0 Å². The standard InChI is InChI=1S/C25H25N5O2S/c1-2-7-17(8-3-1)24-27-13-19(32-24)16-33-25-29-28-23(30(25)15-18-9-6-12-31-18)21-14-26-22-11-5-4-10-20(21)22/h1-5,7-8,10-11,14,18-19,26H,6,9,12-13,15-16H2/t18-,19-/m0/s1. The number of nitrogens with zero attached hydrogens (tertiary/aromatic N) is 4. The van der Waals surface area contributed by atoms with Crippen LogP contribution in [0, 0.1) is 0 Å². The molecule has 1 saturated heterocycles. The number of aromatic amines is 1. The Bertz CT molecular complexity index is 1280. The molecule has 2 aromatic heterocycles. The number of hydrogen-bond acceptors (Lipinski definition) is 6. The summed E-state index contributed by atoms with van der Waals surface area (Å²) in [6, 6.07) is 18.3. The molecule has 168 valence electrons. The molecule has 4 heterocycles. The second kappa shape index (κ2) is 9.03. The van der Waals surface area contributed by atoms with Gasteiger partial charge in [-0.3, -0.25) is 4.57 Å². The molecule has 2 atom stereocenters. The van der Waals surface area contributed by atoms with Crippen molar-refractivity contribution < 1.29 is 9.47 Å². The van der Waals surface area contributed by atoms with Crippen LogP contribution in [0.25, 0.3) is 22.3 Å². The fourth-order valence-corrected chi connectivity index (χ4v) is 5.34. The predicted octanol–water partition coefficient (Wildman–Crippen LogP) is 4.54. The predicted molar refractivity (Wildman–Crippen MR) is 130 cm³/mol. The van der Waals surface area contributed by atoms with E-state index in [2.05, 4.69) is 42.9 Å². The number of thioether (sulfide) groups is 1. The summed E-state index contributed by atoms with van der Waals surface area (Å²) in [7, 11) is 0. The molecule has 2 aromatic carbocycles. The van der Waals surface area contributed by atoms with Gasteiger partial charge in [-0.25, -0.2) is 4.99 Å². The van der Waals surface area contributed by atoms with Crippen LogP contribution < -0.4 is 0 Å². The van der Waals surface area contributed by atoms with E-state index in [0.29, 0.717) is 6.54 Å². The van der Waals surface area contributed by atoms with Gasteiger partial charge >= 0.3 is 0 Å². The van der Waals surface area contributed by atoms with Crippen molar-refractivity contribution >= 4 is 28.6 Å². The van der Waals surface area contributed by atoms with Crippen LogP contribution in [-0.2, 0) is 16.0 Å². The molecule has 33 heavy (non-hydrogen) atoms. The Labute approximate surface area is 196 Å². The first kappa shape index (κ1) is 20.5. The summed E-state index contributed by atoms with van der Waals surface area (Å²) < 4.78 is 14.3. The van der Waals surface area contributed by atoms with Gasteiger partial charge in [0.2, 0.25) is 5.90 Å². The van der Waals surface area contributed by atoms with Gasteiger partial charge < -0.3 is 14.5 Å². The van der Waals surface area contributed by atoms with Crippen LogP contribution in [0.1, 0.15) is 18.4 Å². The van der Waals surface area contributed by atoms with Gasteiger partial charge in [0.15, 0.2) is 11.0 Å². The molecule has 1 fully saturated rings. The molecule has 0 bridgehead atoms. The Kier molecular flexibility index (Phi) is 5.61. The monoisotopic (exact) mass is 459 g/mol. The van der Waals surface area contributed by atoms with Crippen molar-refractivity contribution in [3.05, 3.63) is 66.4 Å². The third-order valence-corrected chi connectivity index (χ3v) is 7.19. The number of rotatable bonds is 7. The summed E-state index contributed by atoms with van der Waals surface area (Å²) in [4.78, 5) is 7.96. The van der Waals surface area contributed by atoms with Crippen molar-refractivity contribution in [2.24, 2.45) is 4.99 Å². The van der Waals surface area contributed by atoms with Crippen LogP contribution in [0.4, 0.5) is 0 Å². The molecular formula is C25H25N5O2S. The average Bonchev–Trinajstić information content (AvgIpc) is 3.66. The number of para-hydroxylation sites is 1. The Morgan fingerprint density at radius 3 is 2.79 bits per heavy atom. The van der Waals surface area contributed by atoms with Crippen molar-refractivity contribution in [2.45, 2.75) is 36.8 Å². The van der Waals surface area contributed by atoms with Gasteiger partial charge in [0, 0.05) is 40.6 Å². The van der Waals surface area contributed by atoms with Crippen LogP contribution in [-0.4, -0.2) is 56.8 Å². The number of aromatic nitrogens is 4. The number of nitrogens with one attached hydrogen (secondary N) is 1. The van der Waals surface area contributed by atoms with Crippen molar-refractivity contribution in [3.63, 3.8) is 0 Å². The number of benzene rings is 2. The molecule has 6 rings (SSSR count). The highest BCUT2D eigenvalue weighted by molar-refractivity contribution is 7.99. The lowest BCUT2D eigenvalue weighted by atomic mass is 10.1. The lowest BCUT2D eigenvalue weighted by Crippen LogP contribution is -2.19. The van der Waals surface area contributed by atoms with Gasteiger partial charge in [-0.05, 0) is 31.0 Å². The van der Waals surface area contributed by atoms with Crippen LogP contribution >= 0.6 is 11.8 Å². The molecular weight excluding hydrogens is 434 g/mol. The van der Waals surface area contributed by atoms with Crippen molar-refractivity contribution in [1.29, 1.82) is 0 Å². The third kappa shape index (κ3) is 4.16. The maximum absolute atomic E-state index is 6.12. The lowest BCUT2D eigenvalue weighted by molar-refractivity contribution is 0.0953. The molecule has 0 radical (unpaired) electrons. The average molecular weight is 460 g/mol. The molecule has 0 aliphatic carbocycles. The minimum Gasteiger partial charge on any atom is -0.471 e. The van der Waals surface area contributed by atoms with Crippen molar-refractivity contribution in [1.82, 2.24) is 19.7 Å². The summed E-state index contributed by atoms with van der Waals surface area (Å²) in [5, 5.41) is 11.2. The van der Waals surface area contributed by atoms with Gasteiger partial charge in [-0.15, -0.1) is 10.2 Å². The molecule has 0 spiro atoms. The number of fused-ring (bicyclic) bond motifs is 1. The van der Waals surface area contributed by atoms with Gasteiger partial charge in [0.25, 0.3) is 0 Å². The van der Waals surface area contributed by atoms with Gasteiger partial charge in [-0.2, -0.15) is 0 Å².